The Morgan fingerprint density at radius 1 is 1.78 bits per heavy atom. The first-order valence-corrected chi connectivity index (χ1v) is 2.87. The molecule has 0 saturated carbocycles. The van der Waals surface area contributed by atoms with E-state index in [1.807, 2.05) is 6.92 Å². The third-order valence-electron chi connectivity index (χ3n) is 1.10. The van der Waals surface area contributed by atoms with Gasteiger partial charge in [-0.2, -0.15) is 5.10 Å². The maximum Gasteiger partial charge on any atom is 0.264 e. The second-order valence-corrected chi connectivity index (χ2v) is 1.77. The molecule has 1 aromatic heterocycles. The smallest absolute Gasteiger partial charge is 0.264 e. The minimum atomic E-state index is -0.146. The van der Waals surface area contributed by atoms with E-state index in [4.69, 9.17) is 0 Å². The number of H-pyrrole nitrogens is 1. The summed E-state index contributed by atoms with van der Waals surface area (Å²) in [7, 11) is 0. The molecule has 1 rings (SSSR count). The molecule has 0 amide bonds. The zero-order valence-electron chi connectivity index (χ0n) is 5.22. The Morgan fingerprint density at radius 3 is 3.00 bits per heavy atom. The summed E-state index contributed by atoms with van der Waals surface area (Å²) in [6.45, 7) is 1.99. The van der Waals surface area contributed by atoms with Crippen molar-refractivity contribution < 1.29 is 1.43 Å². The molecule has 0 radical (unpaired) electrons. The minimum absolute atomic E-state index is 0. The lowest BCUT2D eigenvalue weighted by Crippen LogP contribution is -2.06. The first-order valence-electron chi connectivity index (χ1n) is 2.87. The van der Waals surface area contributed by atoms with Crippen LogP contribution in [-0.2, 0) is 6.42 Å². The summed E-state index contributed by atoms with van der Waals surface area (Å²) in [6.07, 6.45) is 0.858. The van der Waals surface area contributed by atoms with Gasteiger partial charge < -0.3 is 0 Å². The van der Waals surface area contributed by atoms with E-state index in [1.165, 1.54) is 6.07 Å². The van der Waals surface area contributed by atoms with Crippen molar-refractivity contribution in [1.29, 1.82) is 0 Å². The van der Waals surface area contributed by atoms with Gasteiger partial charge in [0.2, 0.25) is 0 Å². The van der Waals surface area contributed by atoms with Crippen LogP contribution in [0.3, 0.4) is 0 Å². The van der Waals surface area contributed by atoms with Gasteiger partial charge in [-0.15, -0.1) is 0 Å². The van der Waals surface area contributed by atoms with Crippen LogP contribution in [0.15, 0.2) is 16.9 Å². The molecule has 0 unspecified atom stereocenters. The van der Waals surface area contributed by atoms with Crippen molar-refractivity contribution in [2.45, 2.75) is 13.3 Å². The predicted octanol–water partition coefficient (Wildman–Crippen LogP) is 0.578. The molecule has 0 bridgehead atoms. The van der Waals surface area contributed by atoms with Crippen molar-refractivity contribution in [2.75, 3.05) is 0 Å². The Bertz CT molecular complexity index is 225. The van der Waals surface area contributed by atoms with E-state index in [9.17, 15) is 4.79 Å². The van der Waals surface area contributed by atoms with Crippen molar-refractivity contribution in [2.24, 2.45) is 0 Å². The van der Waals surface area contributed by atoms with Crippen molar-refractivity contribution in [3.05, 3.63) is 28.2 Å². The molecule has 0 aliphatic heterocycles. The van der Waals surface area contributed by atoms with Crippen LogP contribution in [0.25, 0.3) is 0 Å². The van der Waals surface area contributed by atoms with Crippen LogP contribution in [0.2, 0.25) is 0 Å². The Hall–Kier alpha value is -1.12. The zero-order valence-corrected chi connectivity index (χ0v) is 5.22. The number of nitrogens with zero attached hydrogens (tertiary/aromatic N) is 1. The number of aryl methyl sites for hydroxylation is 1. The van der Waals surface area contributed by atoms with Crippen LogP contribution in [0.1, 0.15) is 14.0 Å². The van der Waals surface area contributed by atoms with Crippen LogP contribution in [0.5, 0.6) is 0 Å². The largest absolute Gasteiger partial charge is 0.268 e. The zero-order chi connectivity index (χ0) is 6.69. The molecule has 1 aromatic rings. The number of hydrogen-bond donors (Lipinski definition) is 1. The van der Waals surface area contributed by atoms with Crippen LogP contribution < -0.4 is 5.56 Å². The number of aromatic amines is 1. The van der Waals surface area contributed by atoms with Crippen LogP contribution >= 0.6 is 0 Å². The summed E-state index contributed by atoms with van der Waals surface area (Å²) in [5, 5.41) is 6.10. The Labute approximate surface area is 54.2 Å². The van der Waals surface area contributed by atoms with Gasteiger partial charge in [0, 0.05) is 7.49 Å². The molecule has 0 aliphatic rings. The van der Waals surface area contributed by atoms with Gasteiger partial charge in [0.25, 0.3) is 5.56 Å². The second kappa shape index (κ2) is 2.44. The third kappa shape index (κ3) is 1.38. The molecule has 3 heteroatoms. The fourth-order valence-corrected chi connectivity index (χ4v) is 0.570. The third-order valence-corrected chi connectivity index (χ3v) is 1.10. The maximum atomic E-state index is 10.4. The summed E-state index contributed by atoms with van der Waals surface area (Å²) in [5.41, 5.74) is 0.766. The molecule has 50 valence electrons. The van der Waals surface area contributed by atoms with Gasteiger partial charge in [0.05, 0.1) is 5.69 Å². The van der Waals surface area contributed by atoms with E-state index in [1.54, 1.807) is 6.07 Å². The Morgan fingerprint density at radius 2 is 2.56 bits per heavy atom. The predicted molar refractivity (Wildman–Crippen MR) is 36.3 cm³/mol. The van der Waals surface area contributed by atoms with Crippen LogP contribution in [-0.4, -0.2) is 10.2 Å². The van der Waals surface area contributed by atoms with Gasteiger partial charge in [-0.1, -0.05) is 6.92 Å². The van der Waals surface area contributed by atoms with E-state index < -0.39 is 0 Å². The first kappa shape index (κ1) is 6.01. The standard InChI is InChI=1S/C6H8N2O.H2/c1-2-5-3-4-6(9)8-7-5;/h3-4H,2H2,1H3,(H,8,9);1H. The van der Waals surface area contributed by atoms with Crippen molar-refractivity contribution in [3.63, 3.8) is 0 Å². The van der Waals surface area contributed by atoms with Gasteiger partial charge in [-0.25, -0.2) is 5.10 Å². The molecule has 0 atom stereocenters. The van der Waals surface area contributed by atoms with E-state index in [0.29, 0.717) is 0 Å². The van der Waals surface area contributed by atoms with Crippen molar-refractivity contribution in [1.82, 2.24) is 10.2 Å². The molecule has 0 fully saturated rings. The van der Waals surface area contributed by atoms with Gasteiger partial charge in [-0.3, -0.25) is 4.79 Å². The highest BCUT2D eigenvalue weighted by atomic mass is 16.1. The van der Waals surface area contributed by atoms with Gasteiger partial charge in [0.1, 0.15) is 0 Å². The van der Waals surface area contributed by atoms with E-state index >= 15 is 0 Å². The number of hydrogen-bond acceptors (Lipinski definition) is 2. The highest BCUT2D eigenvalue weighted by Gasteiger charge is 1.86. The molecule has 0 saturated heterocycles. The molecular weight excluding hydrogens is 116 g/mol. The Kier molecular flexibility index (Phi) is 1.63. The SMILES string of the molecule is CCc1ccc(=O)[nH]n1.[HH]. The average Bonchev–Trinajstić information content (AvgIpc) is 1.90. The van der Waals surface area contributed by atoms with E-state index in [-0.39, 0.29) is 6.99 Å². The molecule has 1 N–H and O–H groups in total. The molecule has 9 heavy (non-hydrogen) atoms. The van der Waals surface area contributed by atoms with Crippen molar-refractivity contribution in [3.8, 4) is 0 Å². The summed E-state index contributed by atoms with van der Waals surface area (Å²) in [6, 6.07) is 3.20. The second-order valence-electron chi connectivity index (χ2n) is 1.77. The van der Waals surface area contributed by atoms with Gasteiger partial charge in [0.15, 0.2) is 0 Å². The lowest BCUT2D eigenvalue weighted by molar-refractivity contribution is 0.896. The van der Waals surface area contributed by atoms with Crippen molar-refractivity contribution >= 4 is 0 Å². The van der Waals surface area contributed by atoms with E-state index in [0.717, 1.165) is 12.1 Å². The fourth-order valence-electron chi connectivity index (χ4n) is 0.570. The summed E-state index contributed by atoms with van der Waals surface area (Å²) < 4.78 is 0. The Balaban J connectivity index is 0.000000810. The van der Waals surface area contributed by atoms with Gasteiger partial charge >= 0.3 is 0 Å². The van der Waals surface area contributed by atoms with Gasteiger partial charge in [-0.05, 0) is 12.5 Å². The number of rotatable bonds is 1. The average molecular weight is 126 g/mol. The molecule has 3 nitrogen and oxygen atoms in total. The normalized spacial score (nSPS) is 9.44. The summed E-state index contributed by atoms with van der Waals surface area (Å²) >= 11 is 0. The lowest BCUT2D eigenvalue weighted by atomic mass is 10.3. The van der Waals surface area contributed by atoms with Crippen LogP contribution in [0.4, 0.5) is 0 Å². The maximum absolute atomic E-state index is 10.4. The molecule has 0 spiro atoms. The summed E-state index contributed by atoms with van der Waals surface area (Å²) in [4.78, 5) is 10.4. The molecule has 1 heterocycles. The van der Waals surface area contributed by atoms with E-state index in [2.05, 4.69) is 10.2 Å². The lowest BCUT2D eigenvalue weighted by Gasteiger charge is -1.88. The number of aromatic nitrogens is 2. The first-order chi connectivity index (χ1) is 4.33. The minimum Gasteiger partial charge on any atom is -0.268 e. The monoisotopic (exact) mass is 126 g/mol. The molecule has 0 aromatic carbocycles. The quantitative estimate of drug-likeness (QED) is 0.598. The topological polar surface area (TPSA) is 45.8 Å². The number of nitrogens with one attached hydrogen (secondary N) is 1. The molecular formula is C6H10N2O. The summed E-state index contributed by atoms with van der Waals surface area (Å²) in [5.74, 6) is 0. The van der Waals surface area contributed by atoms with Crippen LogP contribution in [0, 0.1) is 0 Å². The highest BCUT2D eigenvalue weighted by molar-refractivity contribution is 4.98. The fraction of sp³-hybridized carbons (Fsp3) is 0.333. The highest BCUT2D eigenvalue weighted by Crippen LogP contribution is 1.86. The molecule has 0 aliphatic carbocycles.